The van der Waals surface area contributed by atoms with Gasteiger partial charge >= 0.3 is 0 Å². The summed E-state index contributed by atoms with van der Waals surface area (Å²) in [5.74, 6) is 2.90. The lowest BCUT2D eigenvalue weighted by Crippen LogP contribution is -2.27. The van der Waals surface area contributed by atoms with Gasteiger partial charge in [-0.25, -0.2) is 0 Å². The number of hydrogen-bond donors (Lipinski definition) is 0. The molecule has 53 heavy (non-hydrogen) atoms. The van der Waals surface area contributed by atoms with Crippen molar-refractivity contribution >= 4 is 54.1 Å². The second kappa shape index (κ2) is 10.8. The minimum absolute atomic E-state index is 0.399. The van der Waals surface area contributed by atoms with Crippen molar-refractivity contribution in [1.82, 2.24) is 0 Å². The quantitative estimate of drug-likeness (QED) is 0.183. The molecule has 0 bridgehead atoms. The standard InChI is InChI=1S/C49H31NO2S/c1-2-13-30(14-3-1)50(31-25-26-47-37(27-31)35-18-7-11-24-46(35)53-47)42-22-12-23-43-48(42)52-44-28-36-34-17-6-10-21-40(34)49(41(36)29-45(44)51-43)38-19-8-4-15-32(38)33-16-5-9-20-39(33)49/h1-5,7-16,18-29H,6,17H2. The van der Waals surface area contributed by atoms with E-state index in [1.807, 2.05) is 17.4 Å². The Balaban J connectivity index is 1.04. The van der Waals surface area contributed by atoms with Gasteiger partial charge in [-0.1, -0.05) is 103 Å². The molecule has 0 unspecified atom stereocenters. The van der Waals surface area contributed by atoms with E-state index in [-0.39, 0.29) is 0 Å². The number of allylic oxidation sites excluding steroid dienone is 4. The van der Waals surface area contributed by atoms with E-state index in [9.17, 15) is 0 Å². The molecule has 12 rings (SSSR count). The molecule has 0 fully saturated rings. The van der Waals surface area contributed by atoms with E-state index in [0.717, 1.165) is 41.4 Å². The van der Waals surface area contributed by atoms with Crippen LogP contribution in [0.25, 0.3) is 36.9 Å². The molecule has 0 saturated heterocycles. The van der Waals surface area contributed by atoms with Gasteiger partial charge < -0.3 is 14.4 Å². The van der Waals surface area contributed by atoms with Gasteiger partial charge in [-0.3, -0.25) is 0 Å². The second-order valence-electron chi connectivity index (χ2n) is 14.3. The van der Waals surface area contributed by atoms with E-state index in [4.69, 9.17) is 9.47 Å². The maximum Gasteiger partial charge on any atom is 0.194 e. The summed E-state index contributed by atoms with van der Waals surface area (Å²) in [6.45, 7) is 0. The zero-order valence-electron chi connectivity index (χ0n) is 28.7. The molecular formula is C49H31NO2S. The van der Waals surface area contributed by atoms with Crippen LogP contribution in [-0.2, 0) is 5.41 Å². The van der Waals surface area contributed by atoms with Gasteiger partial charge in [0.15, 0.2) is 23.0 Å². The van der Waals surface area contributed by atoms with Crippen LogP contribution in [0.2, 0.25) is 0 Å². The van der Waals surface area contributed by atoms with E-state index in [1.165, 1.54) is 64.7 Å². The number of hydrogen-bond acceptors (Lipinski definition) is 4. The van der Waals surface area contributed by atoms with E-state index in [1.54, 1.807) is 0 Å². The van der Waals surface area contributed by atoms with Crippen molar-refractivity contribution in [2.45, 2.75) is 18.3 Å². The minimum Gasteiger partial charge on any atom is -0.449 e. The lowest BCUT2D eigenvalue weighted by Gasteiger charge is -2.33. The van der Waals surface area contributed by atoms with Crippen molar-refractivity contribution in [3.05, 3.63) is 192 Å². The molecule has 1 aliphatic heterocycles. The molecular weight excluding hydrogens is 667 g/mol. The van der Waals surface area contributed by atoms with Crippen LogP contribution >= 0.6 is 11.3 Å². The second-order valence-corrected chi connectivity index (χ2v) is 15.4. The molecule has 1 aromatic heterocycles. The molecule has 0 radical (unpaired) electrons. The third-order valence-electron chi connectivity index (χ3n) is 11.6. The number of nitrogens with zero attached hydrogens (tertiary/aromatic N) is 1. The fourth-order valence-corrected chi connectivity index (χ4v) is 10.6. The first-order chi connectivity index (χ1) is 26.3. The summed E-state index contributed by atoms with van der Waals surface area (Å²) in [7, 11) is 0. The van der Waals surface area contributed by atoms with Crippen molar-refractivity contribution in [2.24, 2.45) is 0 Å². The van der Waals surface area contributed by atoms with Crippen LogP contribution in [0.5, 0.6) is 23.0 Å². The van der Waals surface area contributed by atoms with Crippen molar-refractivity contribution in [3.63, 3.8) is 0 Å². The Morgan fingerprint density at radius 3 is 2.11 bits per heavy atom. The molecule has 1 spiro atoms. The van der Waals surface area contributed by atoms with Crippen molar-refractivity contribution in [1.29, 1.82) is 0 Å². The number of rotatable bonds is 3. The average molecular weight is 698 g/mol. The molecule has 0 amide bonds. The first-order valence-electron chi connectivity index (χ1n) is 18.3. The Hall–Kier alpha value is -6.36. The number of ether oxygens (including phenoxy) is 2. The van der Waals surface area contributed by atoms with E-state index < -0.39 is 5.41 Å². The summed E-state index contributed by atoms with van der Waals surface area (Å²) in [5.41, 5.74) is 13.2. The number of anilines is 3. The van der Waals surface area contributed by atoms with Crippen molar-refractivity contribution < 1.29 is 9.47 Å². The van der Waals surface area contributed by atoms with E-state index >= 15 is 0 Å². The van der Waals surface area contributed by atoms with Gasteiger partial charge in [-0.05, 0) is 118 Å². The summed E-state index contributed by atoms with van der Waals surface area (Å²) >= 11 is 1.83. The SMILES string of the molecule is C1=CC2=C(CC1)c1cc3c(cc1C21c2ccccc2-c2ccccc21)Oc1cccc(N(c2ccccc2)c2ccc4sc5ccccc5c4c2)c1O3. The fourth-order valence-electron chi connectivity index (χ4n) is 9.48. The van der Waals surface area contributed by atoms with E-state index in [2.05, 4.69) is 163 Å². The largest absolute Gasteiger partial charge is 0.449 e. The Bertz CT molecular complexity index is 2870. The number of fused-ring (bicyclic) bond motifs is 14. The number of benzene rings is 7. The summed E-state index contributed by atoms with van der Waals surface area (Å²) in [4.78, 5) is 2.29. The van der Waals surface area contributed by atoms with Crippen LogP contribution in [0.3, 0.4) is 0 Å². The topological polar surface area (TPSA) is 21.7 Å². The highest BCUT2D eigenvalue weighted by Crippen LogP contribution is 2.65. The maximum absolute atomic E-state index is 7.07. The monoisotopic (exact) mass is 697 g/mol. The lowest BCUT2D eigenvalue weighted by molar-refractivity contribution is 0.359. The van der Waals surface area contributed by atoms with Crippen molar-refractivity contribution in [3.8, 4) is 34.1 Å². The average Bonchev–Trinajstić information content (AvgIpc) is 3.84. The Morgan fingerprint density at radius 1 is 0.528 bits per heavy atom. The first-order valence-corrected chi connectivity index (χ1v) is 19.1. The van der Waals surface area contributed by atoms with Gasteiger partial charge in [-0.15, -0.1) is 11.3 Å². The molecule has 0 N–H and O–H groups in total. The molecule has 3 nitrogen and oxygen atoms in total. The highest BCUT2D eigenvalue weighted by atomic mass is 32.1. The summed E-state index contributed by atoms with van der Waals surface area (Å²) in [5, 5.41) is 2.53. The third kappa shape index (κ3) is 3.93. The molecule has 0 saturated carbocycles. The summed E-state index contributed by atoms with van der Waals surface area (Å²) in [6.07, 6.45) is 6.75. The molecule has 2 heterocycles. The normalized spacial score (nSPS) is 15.3. The Morgan fingerprint density at radius 2 is 1.26 bits per heavy atom. The van der Waals surface area contributed by atoms with Gasteiger partial charge in [0.25, 0.3) is 0 Å². The van der Waals surface area contributed by atoms with Crippen LogP contribution in [0.4, 0.5) is 17.1 Å². The summed E-state index contributed by atoms with van der Waals surface area (Å²) in [6, 6.07) is 54.6. The van der Waals surface area contributed by atoms with Crippen molar-refractivity contribution in [2.75, 3.05) is 4.90 Å². The fraction of sp³-hybridized carbons (Fsp3) is 0.0612. The van der Waals surface area contributed by atoms with Crippen LogP contribution in [0, 0.1) is 0 Å². The van der Waals surface area contributed by atoms with Crippen LogP contribution in [0.15, 0.2) is 169 Å². The molecule has 8 aromatic rings. The first kappa shape index (κ1) is 29.2. The van der Waals surface area contributed by atoms with Crippen LogP contribution in [0.1, 0.15) is 35.1 Å². The van der Waals surface area contributed by atoms with E-state index in [0.29, 0.717) is 11.5 Å². The van der Waals surface area contributed by atoms with Gasteiger partial charge in [-0.2, -0.15) is 0 Å². The summed E-state index contributed by atoms with van der Waals surface area (Å²) < 4.78 is 16.6. The molecule has 0 atom stereocenters. The van der Waals surface area contributed by atoms with Gasteiger partial charge in [0.2, 0.25) is 0 Å². The molecule has 7 aromatic carbocycles. The predicted molar refractivity (Wildman–Crippen MR) is 218 cm³/mol. The van der Waals surface area contributed by atoms with Gasteiger partial charge in [0.1, 0.15) is 0 Å². The molecule has 3 aliphatic carbocycles. The number of para-hydroxylation sites is 2. The molecule has 4 heteroatoms. The smallest absolute Gasteiger partial charge is 0.194 e. The van der Waals surface area contributed by atoms with Crippen LogP contribution in [-0.4, -0.2) is 0 Å². The zero-order chi connectivity index (χ0) is 34.7. The zero-order valence-corrected chi connectivity index (χ0v) is 29.5. The van der Waals surface area contributed by atoms with Gasteiger partial charge in [0, 0.05) is 31.5 Å². The highest BCUT2D eigenvalue weighted by Gasteiger charge is 2.53. The third-order valence-corrected chi connectivity index (χ3v) is 12.8. The highest BCUT2D eigenvalue weighted by molar-refractivity contribution is 7.25. The Labute approximate surface area is 311 Å². The maximum atomic E-state index is 7.07. The Kier molecular flexibility index (Phi) is 5.98. The van der Waals surface area contributed by atoms with Gasteiger partial charge in [0.05, 0.1) is 11.1 Å². The molecule has 250 valence electrons. The lowest BCUT2D eigenvalue weighted by atomic mass is 9.69. The van der Waals surface area contributed by atoms with Crippen LogP contribution < -0.4 is 14.4 Å². The minimum atomic E-state index is -0.399. The molecule has 4 aliphatic rings. The predicted octanol–water partition coefficient (Wildman–Crippen LogP) is 13.9. The number of thiophene rings is 1.